The quantitative estimate of drug-likeness (QED) is 0.386. The lowest BCUT2D eigenvalue weighted by atomic mass is 10.2. The van der Waals surface area contributed by atoms with Gasteiger partial charge in [0.2, 0.25) is 0 Å². The van der Waals surface area contributed by atoms with Crippen molar-refractivity contribution < 1.29 is 0 Å². The predicted octanol–water partition coefficient (Wildman–Crippen LogP) is 2.78. The average Bonchev–Trinajstić information content (AvgIpc) is 3.30. The van der Waals surface area contributed by atoms with Crippen molar-refractivity contribution in [1.29, 1.82) is 0 Å². The minimum absolute atomic E-state index is 0. The van der Waals surface area contributed by atoms with Gasteiger partial charge in [-0.25, -0.2) is 4.99 Å². The van der Waals surface area contributed by atoms with Crippen LogP contribution in [-0.2, 0) is 19.5 Å². The zero-order valence-corrected chi connectivity index (χ0v) is 19.2. The molecule has 0 unspecified atom stereocenters. The maximum Gasteiger partial charge on any atom is 0.194 e. The highest BCUT2D eigenvalue weighted by atomic mass is 127. The summed E-state index contributed by atoms with van der Waals surface area (Å²) in [5.41, 5.74) is 1.18. The van der Waals surface area contributed by atoms with Gasteiger partial charge in [0.05, 0.1) is 0 Å². The lowest BCUT2D eigenvalue weighted by Crippen LogP contribution is -2.52. The molecule has 0 aliphatic carbocycles. The molecule has 0 saturated carbocycles. The average molecular weight is 516 g/mol. The van der Waals surface area contributed by atoms with Crippen LogP contribution < -0.4 is 10.2 Å². The van der Waals surface area contributed by atoms with Gasteiger partial charge in [0.15, 0.2) is 11.8 Å². The molecule has 0 amide bonds. The summed E-state index contributed by atoms with van der Waals surface area (Å²) in [5, 5.41) is 12.8. The van der Waals surface area contributed by atoms with E-state index in [4.69, 9.17) is 16.6 Å². The number of rotatable bonds is 4. The summed E-state index contributed by atoms with van der Waals surface area (Å²) in [6, 6.07) is 8.07. The van der Waals surface area contributed by atoms with E-state index in [2.05, 4.69) is 42.9 Å². The van der Waals surface area contributed by atoms with Crippen molar-refractivity contribution in [3.63, 3.8) is 0 Å². The molecular formula is C19H27ClIN7. The van der Waals surface area contributed by atoms with Crippen LogP contribution in [0.5, 0.6) is 0 Å². The minimum atomic E-state index is 0. The number of nitrogens with zero attached hydrogens (tertiary/aromatic N) is 6. The highest BCUT2D eigenvalue weighted by molar-refractivity contribution is 14.0. The maximum absolute atomic E-state index is 6.14. The molecule has 0 radical (unpaired) electrons. The van der Waals surface area contributed by atoms with Crippen LogP contribution in [0.3, 0.4) is 0 Å². The van der Waals surface area contributed by atoms with Crippen LogP contribution >= 0.6 is 35.6 Å². The van der Waals surface area contributed by atoms with Gasteiger partial charge in [-0.1, -0.05) is 17.7 Å². The largest absolute Gasteiger partial charge is 0.368 e. The maximum atomic E-state index is 6.14. The van der Waals surface area contributed by atoms with Crippen molar-refractivity contribution in [3.8, 4) is 0 Å². The number of fused-ring (bicyclic) bond motifs is 1. The van der Waals surface area contributed by atoms with Gasteiger partial charge in [-0.05, 0) is 31.5 Å². The van der Waals surface area contributed by atoms with E-state index >= 15 is 0 Å². The Kier molecular flexibility index (Phi) is 7.39. The van der Waals surface area contributed by atoms with Crippen LogP contribution in [-0.4, -0.2) is 58.3 Å². The number of anilines is 1. The standard InChI is InChI=1S/C19H26ClN7.HI/c1-2-21-19(22-14-18-24-23-17-7-4-8-27(17)18)26-11-9-25(10-12-26)16-6-3-5-15(20)13-16;/h3,5-6,13H,2,4,7-12,14H2,1H3,(H,21,22);1H. The monoisotopic (exact) mass is 515 g/mol. The van der Waals surface area contributed by atoms with E-state index in [1.54, 1.807) is 0 Å². The third-order valence-corrected chi connectivity index (χ3v) is 5.38. The predicted molar refractivity (Wildman–Crippen MR) is 124 cm³/mol. The van der Waals surface area contributed by atoms with E-state index in [9.17, 15) is 0 Å². The summed E-state index contributed by atoms with van der Waals surface area (Å²) < 4.78 is 2.21. The van der Waals surface area contributed by atoms with Crippen LogP contribution in [0.4, 0.5) is 5.69 Å². The molecule has 1 aromatic heterocycles. The fourth-order valence-electron chi connectivity index (χ4n) is 3.75. The summed E-state index contributed by atoms with van der Waals surface area (Å²) in [7, 11) is 0. The molecule has 2 aliphatic rings. The first-order valence-electron chi connectivity index (χ1n) is 9.69. The van der Waals surface area contributed by atoms with E-state index in [1.165, 1.54) is 5.69 Å². The Morgan fingerprint density at radius 2 is 2.00 bits per heavy atom. The first-order valence-corrected chi connectivity index (χ1v) is 10.1. The van der Waals surface area contributed by atoms with Crippen LogP contribution in [0.15, 0.2) is 29.3 Å². The Balaban J connectivity index is 0.00000225. The van der Waals surface area contributed by atoms with Gasteiger partial charge in [-0.3, -0.25) is 0 Å². The van der Waals surface area contributed by atoms with Gasteiger partial charge in [0.1, 0.15) is 12.4 Å². The molecule has 0 bridgehead atoms. The summed E-state index contributed by atoms with van der Waals surface area (Å²) >= 11 is 6.14. The van der Waals surface area contributed by atoms with E-state index < -0.39 is 0 Å². The van der Waals surface area contributed by atoms with Crippen molar-refractivity contribution in [1.82, 2.24) is 25.0 Å². The fourth-order valence-corrected chi connectivity index (χ4v) is 3.93. The number of guanidine groups is 1. The summed E-state index contributed by atoms with van der Waals surface area (Å²) in [4.78, 5) is 9.54. The molecule has 3 heterocycles. The van der Waals surface area contributed by atoms with Gasteiger partial charge >= 0.3 is 0 Å². The van der Waals surface area contributed by atoms with Crippen LogP contribution in [0, 0.1) is 0 Å². The SMILES string of the molecule is CCNC(=NCc1nnc2n1CCC2)N1CCN(c2cccc(Cl)c2)CC1.I. The van der Waals surface area contributed by atoms with Crippen molar-refractivity contribution in [2.75, 3.05) is 37.6 Å². The zero-order chi connectivity index (χ0) is 18.6. The Morgan fingerprint density at radius 3 is 2.75 bits per heavy atom. The fraction of sp³-hybridized carbons (Fsp3) is 0.526. The highest BCUT2D eigenvalue weighted by Gasteiger charge is 2.21. The third kappa shape index (κ3) is 4.71. The third-order valence-electron chi connectivity index (χ3n) is 5.14. The number of aromatic nitrogens is 3. The molecule has 2 aromatic rings. The minimum Gasteiger partial charge on any atom is -0.368 e. The Morgan fingerprint density at radius 1 is 1.18 bits per heavy atom. The number of hydrogen-bond donors (Lipinski definition) is 1. The molecule has 1 saturated heterocycles. The molecule has 1 N–H and O–H groups in total. The molecule has 28 heavy (non-hydrogen) atoms. The van der Waals surface area contributed by atoms with Gasteiger partial charge in [-0.2, -0.15) is 0 Å². The van der Waals surface area contributed by atoms with Crippen molar-refractivity contribution in [3.05, 3.63) is 40.9 Å². The van der Waals surface area contributed by atoms with Gasteiger partial charge in [-0.15, -0.1) is 34.2 Å². The number of benzene rings is 1. The van der Waals surface area contributed by atoms with Crippen molar-refractivity contribution in [2.24, 2.45) is 4.99 Å². The first kappa shape index (κ1) is 21.2. The lowest BCUT2D eigenvalue weighted by Gasteiger charge is -2.37. The Bertz CT molecular complexity index is 814. The normalized spacial score (nSPS) is 16.7. The number of aryl methyl sites for hydroxylation is 1. The molecular weight excluding hydrogens is 489 g/mol. The molecule has 1 fully saturated rings. The van der Waals surface area contributed by atoms with E-state index in [1.807, 2.05) is 18.2 Å². The Labute approximate surface area is 188 Å². The van der Waals surface area contributed by atoms with Crippen molar-refractivity contribution >= 4 is 47.2 Å². The number of nitrogens with one attached hydrogen (secondary N) is 1. The summed E-state index contributed by atoms with van der Waals surface area (Å²) in [6.07, 6.45) is 2.19. The van der Waals surface area contributed by atoms with Gasteiger partial charge in [0, 0.05) is 56.4 Å². The van der Waals surface area contributed by atoms with Crippen molar-refractivity contribution in [2.45, 2.75) is 32.9 Å². The van der Waals surface area contributed by atoms with Crippen LogP contribution in [0.2, 0.25) is 5.02 Å². The number of aliphatic imine (C=N–C) groups is 1. The Hall–Kier alpha value is -1.55. The van der Waals surface area contributed by atoms with E-state index in [-0.39, 0.29) is 24.0 Å². The topological polar surface area (TPSA) is 61.6 Å². The van der Waals surface area contributed by atoms with Gasteiger partial charge < -0.3 is 19.7 Å². The lowest BCUT2D eigenvalue weighted by molar-refractivity contribution is 0.372. The second-order valence-corrected chi connectivity index (χ2v) is 7.35. The second kappa shape index (κ2) is 9.78. The highest BCUT2D eigenvalue weighted by Crippen LogP contribution is 2.21. The molecule has 4 rings (SSSR count). The van der Waals surface area contributed by atoms with E-state index in [0.717, 1.165) is 74.7 Å². The van der Waals surface area contributed by atoms with Gasteiger partial charge in [0.25, 0.3) is 0 Å². The molecule has 0 spiro atoms. The first-order chi connectivity index (χ1) is 13.2. The summed E-state index contributed by atoms with van der Waals surface area (Å²) in [6.45, 7) is 8.30. The number of hydrogen-bond acceptors (Lipinski definition) is 4. The molecule has 9 heteroatoms. The number of piperazine rings is 1. The van der Waals surface area contributed by atoms with E-state index in [0.29, 0.717) is 6.54 Å². The molecule has 7 nitrogen and oxygen atoms in total. The molecule has 2 aliphatic heterocycles. The smallest absolute Gasteiger partial charge is 0.194 e. The molecule has 152 valence electrons. The summed E-state index contributed by atoms with van der Waals surface area (Å²) in [5.74, 6) is 3.02. The molecule has 0 atom stereocenters. The molecule has 1 aromatic carbocycles. The van der Waals surface area contributed by atoms with Crippen LogP contribution in [0.1, 0.15) is 25.0 Å². The van der Waals surface area contributed by atoms with Crippen LogP contribution in [0.25, 0.3) is 0 Å². The number of halogens is 2. The zero-order valence-electron chi connectivity index (χ0n) is 16.1. The second-order valence-electron chi connectivity index (χ2n) is 6.91.